The summed E-state index contributed by atoms with van der Waals surface area (Å²) in [6.07, 6.45) is 3.04. The summed E-state index contributed by atoms with van der Waals surface area (Å²) >= 11 is 0. The second kappa shape index (κ2) is 2.78. The lowest BCUT2D eigenvalue weighted by molar-refractivity contribution is -0.0375. The van der Waals surface area contributed by atoms with Crippen LogP contribution in [0.1, 0.15) is 6.42 Å². The Labute approximate surface area is 65.3 Å². The molecule has 1 heterocycles. The predicted molar refractivity (Wildman–Crippen MR) is 40.2 cm³/mol. The van der Waals surface area contributed by atoms with Crippen LogP contribution in [0.4, 0.5) is 4.79 Å². The molecule has 3 heteroatoms. The van der Waals surface area contributed by atoms with Crippen LogP contribution in [0.25, 0.3) is 0 Å². The third-order valence-electron chi connectivity index (χ3n) is 1.68. The van der Waals surface area contributed by atoms with Crippen molar-refractivity contribution in [2.75, 3.05) is 6.61 Å². The summed E-state index contributed by atoms with van der Waals surface area (Å²) in [7, 11) is 0. The molecular formula is C8H10O3. The van der Waals surface area contributed by atoms with E-state index in [2.05, 4.69) is 17.9 Å². The van der Waals surface area contributed by atoms with Gasteiger partial charge in [-0.2, -0.15) is 0 Å². The Kier molecular flexibility index (Phi) is 1.98. The van der Waals surface area contributed by atoms with E-state index in [0.29, 0.717) is 13.0 Å². The smallest absolute Gasteiger partial charge is 0.434 e. The van der Waals surface area contributed by atoms with Crippen LogP contribution in [0.15, 0.2) is 25.3 Å². The molecule has 1 aliphatic rings. The Morgan fingerprint density at radius 3 is 2.45 bits per heavy atom. The van der Waals surface area contributed by atoms with E-state index in [-0.39, 0.29) is 0 Å². The second-order valence-corrected chi connectivity index (χ2v) is 2.31. The molecule has 0 aliphatic carbocycles. The minimum Gasteiger partial charge on any atom is -0.434 e. The van der Waals surface area contributed by atoms with Gasteiger partial charge in [0, 0.05) is 6.42 Å². The summed E-state index contributed by atoms with van der Waals surface area (Å²) in [5.41, 5.74) is -0.713. The zero-order valence-corrected chi connectivity index (χ0v) is 6.21. The van der Waals surface area contributed by atoms with Crippen LogP contribution in [-0.2, 0) is 9.47 Å². The second-order valence-electron chi connectivity index (χ2n) is 2.31. The molecule has 0 aromatic rings. The van der Waals surface area contributed by atoms with Gasteiger partial charge in [-0.25, -0.2) is 4.79 Å². The maximum Gasteiger partial charge on any atom is 0.509 e. The number of rotatable bonds is 2. The van der Waals surface area contributed by atoms with E-state index in [1.54, 1.807) is 12.2 Å². The summed E-state index contributed by atoms with van der Waals surface area (Å²) in [6, 6.07) is 0. The van der Waals surface area contributed by atoms with Crippen LogP contribution >= 0.6 is 0 Å². The fourth-order valence-corrected chi connectivity index (χ4v) is 0.900. The Balaban J connectivity index is 2.74. The summed E-state index contributed by atoms with van der Waals surface area (Å²) in [4.78, 5) is 10.7. The molecule has 1 saturated heterocycles. The fourth-order valence-electron chi connectivity index (χ4n) is 0.900. The van der Waals surface area contributed by atoms with Crippen molar-refractivity contribution in [2.24, 2.45) is 0 Å². The molecule has 0 radical (unpaired) electrons. The van der Waals surface area contributed by atoms with Crippen molar-refractivity contribution < 1.29 is 14.3 Å². The molecule has 1 fully saturated rings. The highest BCUT2D eigenvalue weighted by atomic mass is 16.7. The van der Waals surface area contributed by atoms with Gasteiger partial charge in [-0.3, -0.25) is 0 Å². The van der Waals surface area contributed by atoms with Gasteiger partial charge in [0.05, 0.1) is 6.61 Å². The minimum atomic E-state index is -0.713. The highest BCUT2D eigenvalue weighted by molar-refractivity contribution is 5.62. The highest BCUT2D eigenvalue weighted by Crippen LogP contribution is 2.23. The minimum absolute atomic E-state index is 0.358. The van der Waals surface area contributed by atoms with Gasteiger partial charge in [0.1, 0.15) is 0 Å². The van der Waals surface area contributed by atoms with Gasteiger partial charge in [0.2, 0.25) is 0 Å². The first kappa shape index (κ1) is 7.85. The van der Waals surface area contributed by atoms with E-state index in [4.69, 9.17) is 4.74 Å². The molecule has 0 spiro atoms. The normalized spacial score (nSPS) is 21.3. The number of carbonyl (C=O) groups excluding carboxylic acids is 1. The van der Waals surface area contributed by atoms with E-state index in [1.807, 2.05) is 0 Å². The van der Waals surface area contributed by atoms with Crippen molar-refractivity contribution >= 4 is 6.16 Å². The summed E-state index contributed by atoms with van der Waals surface area (Å²) in [5.74, 6) is 0. The molecule has 0 bridgehead atoms. The number of hydrogen-bond donors (Lipinski definition) is 0. The Morgan fingerprint density at radius 2 is 2.09 bits per heavy atom. The summed E-state index contributed by atoms with van der Waals surface area (Å²) in [5, 5.41) is 0. The topological polar surface area (TPSA) is 35.5 Å². The molecule has 1 rings (SSSR count). The van der Waals surface area contributed by atoms with Crippen LogP contribution in [0.2, 0.25) is 0 Å². The van der Waals surface area contributed by atoms with Crippen molar-refractivity contribution in [3.8, 4) is 0 Å². The quantitative estimate of drug-likeness (QED) is 0.448. The van der Waals surface area contributed by atoms with Crippen LogP contribution in [0.5, 0.6) is 0 Å². The van der Waals surface area contributed by atoms with Gasteiger partial charge < -0.3 is 9.47 Å². The van der Waals surface area contributed by atoms with E-state index in [0.717, 1.165) is 0 Å². The van der Waals surface area contributed by atoms with Crippen molar-refractivity contribution in [2.45, 2.75) is 12.0 Å². The first-order valence-corrected chi connectivity index (χ1v) is 3.35. The average Bonchev–Trinajstić information content (AvgIpc) is 2.04. The van der Waals surface area contributed by atoms with Gasteiger partial charge >= 0.3 is 6.16 Å². The van der Waals surface area contributed by atoms with Gasteiger partial charge in [-0.1, -0.05) is 13.2 Å². The van der Waals surface area contributed by atoms with Crippen LogP contribution in [0.3, 0.4) is 0 Å². The molecule has 0 amide bonds. The Morgan fingerprint density at radius 1 is 1.45 bits per heavy atom. The molecule has 11 heavy (non-hydrogen) atoms. The third-order valence-corrected chi connectivity index (χ3v) is 1.68. The van der Waals surface area contributed by atoms with Gasteiger partial charge in [0.15, 0.2) is 5.60 Å². The van der Waals surface area contributed by atoms with Crippen molar-refractivity contribution in [3.63, 3.8) is 0 Å². The van der Waals surface area contributed by atoms with Crippen LogP contribution < -0.4 is 0 Å². The first-order chi connectivity index (χ1) is 5.22. The van der Waals surface area contributed by atoms with Gasteiger partial charge in [0.25, 0.3) is 0 Å². The molecule has 60 valence electrons. The van der Waals surface area contributed by atoms with E-state index >= 15 is 0 Å². The van der Waals surface area contributed by atoms with E-state index in [9.17, 15) is 4.79 Å². The van der Waals surface area contributed by atoms with Crippen molar-refractivity contribution in [1.29, 1.82) is 0 Å². The third kappa shape index (κ3) is 1.42. The standard InChI is InChI=1S/C8H10O3/c1-3-8(4-2)5-6-10-7(9)11-8/h3-4H,1-2,5-6H2. The average molecular weight is 154 g/mol. The molecule has 0 N–H and O–H groups in total. The molecular weight excluding hydrogens is 144 g/mol. The zero-order chi connectivity index (χ0) is 8.32. The SMILES string of the molecule is C=CC1(C=C)CCOC(=O)O1. The van der Waals surface area contributed by atoms with Gasteiger partial charge in [-0.15, -0.1) is 0 Å². The summed E-state index contributed by atoms with van der Waals surface area (Å²) in [6.45, 7) is 7.47. The van der Waals surface area contributed by atoms with Crippen molar-refractivity contribution in [1.82, 2.24) is 0 Å². The molecule has 0 atom stereocenters. The van der Waals surface area contributed by atoms with Gasteiger partial charge in [-0.05, 0) is 12.2 Å². The number of hydrogen-bond acceptors (Lipinski definition) is 3. The molecule has 0 aromatic carbocycles. The lowest BCUT2D eigenvalue weighted by atomic mass is 10.00. The summed E-state index contributed by atoms with van der Waals surface area (Å²) < 4.78 is 9.46. The van der Waals surface area contributed by atoms with Crippen LogP contribution in [0, 0.1) is 0 Å². The molecule has 1 aliphatic heterocycles. The maximum atomic E-state index is 10.7. The molecule has 3 nitrogen and oxygen atoms in total. The Bertz CT molecular complexity index is 188. The lowest BCUT2D eigenvalue weighted by Crippen LogP contribution is -2.37. The monoisotopic (exact) mass is 154 g/mol. The van der Waals surface area contributed by atoms with E-state index < -0.39 is 11.8 Å². The van der Waals surface area contributed by atoms with E-state index in [1.165, 1.54) is 0 Å². The number of ether oxygens (including phenoxy) is 2. The maximum absolute atomic E-state index is 10.7. The molecule has 0 aromatic heterocycles. The Hall–Kier alpha value is -1.25. The molecule has 0 unspecified atom stereocenters. The largest absolute Gasteiger partial charge is 0.509 e. The lowest BCUT2D eigenvalue weighted by Gasteiger charge is -2.30. The highest BCUT2D eigenvalue weighted by Gasteiger charge is 2.32. The number of cyclic esters (lactones) is 2. The zero-order valence-electron chi connectivity index (χ0n) is 6.21. The van der Waals surface area contributed by atoms with Crippen molar-refractivity contribution in [3.05, 3.63) is 25.3 Å². The first-order valence-electron chi connectivity index (χ1n) is 3.35. The molecule has 0 saturated carbocycles. The number of carbonyl (C=O) groups is 1. The fraction of sp³-hybridized carbons (Fsp3) is 0.375. The van der Waals surface area contributed by atoms with Crippen LogP contribution in [-0.4, -0.2) is 18.4 Å². The predicted octanol–water partition coefficient (Wildman–Crippen LogP) is 1.65.